The number of amides is 1. The van der Waals surface area contributed by atoms with Gasteiger partial charge in [-0.2, -0.15) is 0 Å². The number of fused-ring (bicyclic) bond motifs is 4. The van der Waals surface area contributed by atoms with Crippen molar-refractivity contribution in [2.45, 2.75) is 36.0 Å². The summed E-state index contributed by atoms with van der Waals surface area (Å²) in [4.78, 5) is 27.2. The van der Waals surface area contributed by atoms with Crippen LogP contribution in [0.3, 0.4) is 0 Å². The number of hydrogen-bond acceptors (Lipinski definition) is 4. The van der Waals surface area contributed by atoms with Crippen LogP contribution >= 0.6 is 34.2 Å². The molecule has 3 aromatic heterocycles. The minimum atomic E-state index is 0.0488. The molecule has 0 radical (unpaired) electrons. The smallest absolute Gasteiger partial charge is 0.290 e. The summed E-state index contributed by atoms with van der Waals surface area (Å²) in [6.45, 7) is 2.39. The number of carbonyl (C=O) groups excluding carboxylic acids is 1. The van der Waals surface area contributed by atoms with E-state index in [4.69, 9.17) is 16.6 Å². The van der Waals surface area contributed by atoms with Gasteiger partial charge in [0.15, 0.2) is 5.82 Å². The third-order valence-electron chi connectivity index (χ3n) is 7.04. The normalized spacial score (nSPS) is 20.4. The van der Waals surface area contributed by atoms with Gasteiger partial charge in [-0.25, -0.2) is 9.97 Å². The molecule has 9 heteroatoms. The fourth-order valence-corrected chi connectivity index (χ4v) is 6.00. The van der Waals surface area contributed by atoms with Crippen molar-refractivity contribution in [3.63, 3.8) is 0 Å². The molecule has 7 rings (SSSR count). The first-order valence-electron chi connectivity index (χ1n) is 11.5. The first-order chi connectivity index (χ1) is 16.6. The zero-order valence-electron chi connectivity index (χ0n) is 18.5. The van der Waals surface area contributed by atoms with Gasteiger partial charge in [0.25, 0.3) is 5.91 Å². The lowest BCUT2D eigenvalue weighted by Crippen LogP contribution is -2.63. The topological polar surface area (TPSA) is 58.7 Å². The van der Waals surface area contributed by atoms with Gasteiger partial charge in [0.2, 0.25) is 0 Å². The second-order valence-electron chi connectivity index (χ2n) is 8.95. The van der Waals surface area contributed by atoms with Crippen LogP contribution in [0.4, 0.5) is 0 Å². The van der Waals surface area contributed by atoms with Crippen LogP contribution in [0.25, 0.3) is 16.9 Å². The molecule has 3 aliphatic heterocycles. The van der Waals surface area contributed by atoms with Crippen molar-refractivity contribution in [1.29, 1.82) is 0 Å². The average molecular weight is 587 g/mol. The van der Waals surface area contributed by atoms with Gasteiger partial charge in [-0.15, -0.1) is 0 Å². The first-order valence-corrected chi connectivity index (χ1v) is 13.4. The summed E-state index contributed by atoms with van der Waals surface area (Å²) in [7, 11) is 0. The summed E-state index contributed by atoms with van der Waals surface area (Å²) in [5.74, 6) is 0.591. The summed E-state index contributed by atoms with van der Waals surface area (Å²) >= 11 is 8.40. The minimum absolute atomic E-state index is 0.0488. The van der Waals surface area contributed by atoms with E-state index < -0.39 is 0 Å². The third kappa shape index (κ3) is 3.81. The molecular weight excluding hydrogens is 563 g/mol. The maximum absolute atomic E-state index is 13.3. The van der Waals surface area contributed by atoms with E-state index in [0.29, 0.717) is 16.4 Å². The fraction of sp³-hybridized carbons (Fsp3) is 0.320. The van der Waals surface area contributed by atoms with E-state index in [0.717, 1.165) is 54.4 Å². The SMILES string of the molecule is O=C(c1nccn1CI)N1CC2CCC1CN2Cc1c(-c2ccc(Cl)cc2)nc2ccccn12. The quantitative estimate of drug-likeness (QED) is 0.251. The number of halogens is 2. The van der Waals surface area contributed by atoms with Gasteiger partial charge < -0.3 is 13.9 Å². The fourth-order valence-electron chi connectivity index (χ4n) is 5.32. The molecule has 0 saturated carbocycles. The molecular formula is C25H24ClIN6O. The molecule has 3 aliphatic rings. The Bertz CT molecular complexity index is 1350. The molecule has 2 bridgehead atoms. The summed E-state index contributed by atoms with van der Waals surface area (Å²) in [5, 5.41) is 0.718. The van der Waals surface area contributed by atoms with Crippen LogP contribution in [-0.4, -0.2) is 59.8 Å². The summed E-state index contributed by atoms with van der Waals surface area (Å²) < 4.78 is 4.82. The zero-order chi connectivity index (χ0) is 23.2. The summed E-state index contributed by atoms with van der Waals surface area (Å²) in [6, 6.07) is 14.5. The van der Waals surface area contributed by atoms with E-state index in [1.165, 1.54) is 5.69 Å². The Morgan fingerprint density at radius 2 is 1.88 bits per heavy atom. The van der Waals surface area contributed by atoms with Crippen molar-refractivity contribution in [2.24, 2.45) is 0 Å². The summed E-state index contributed by atoms with van der Waals surface area (Å²) in [6.07, 6.45) is 7.80. The number of hydrogen-bond donors (Lipinski definition) is 0. The monoisotopic (exact) mass is 586 g/mol. The molecule has 3 saturated heterocycles. The van der Waals surface area contributed by atoms with Crippen LogP contribution in [0.15, 0.2) is 61.1 Å². The summed E-state index contributed by atoms with van der Waals surface area (Å²) in [5.41, 5.74) is 4.16. The molecule has 174 valence electrons. The number of benzene rings is 1. The number of alkyl halides is 1. The van der Waals surface area contributed by atoms with Gasteiger partial charge in [0.05, 0.1) is 15.9 Å². The van der Waals surface area contributed by atoms with Gasteiger partial charge in [0, 0.05) is 60.9 Å². The molecule has 3 fully saturated rings. The van der Waals surface area contributed by atoms with E-state index in [2.05, 4.69) is 43.1 Å². The highest BCUT2D eigenvalue weighted by molar-refractivity contribution is 14.1. The van der Waals surface area contributed by atoms with Crippen LogP contribution in [0.2, 0.25) is 5.02 Å². The number of piperidine rings is 2. The maximum atomic E-state index is 13.3. The number of imidazole rings is 2. The Kier molecular flexibility index (Phi) is 5.82. The Hall–Kier alpha value is -2.43. The Morgan fingerprint density at radius 3 is 2.65 bits per heavy atom. The Morgan fingerprint density at radius 1 is 1.06 bits per heavy atom. The predicted octanol–water partition coefficient (Wildman–Crippen LogP) is 4.73. The van der Waals surface area contributed by atoms with E-state index in [-0.39, 0.29) is 11.9 Å². The van der Waals surface area contributed by atoms with Crippen molar-refractivity contribution >= 4 is 45.7 Å². The van der Waals surface area contributed by atoms with E-state index in [1.807, 2.05) is 58.1 Å². The minimum Gasteiger partial charge on any atom is -0.330 e. The molecule has 1 aromatic carbocycles. The lowest BCUT2D eigenvalue weighted by atomic mass is 9.90. The molecule has 4 aromatic rings. The number of pyridine rings is 1. The highest BCUT2D eigenvalue weighted by Crippen LogP contribution is 2.33. The van der Waals surface area contributed by atoms with Crippen LogP contribution in [0.5, 0.6) is 0 Å². The average Bonchev–Trinajstić information content (AvgIpc) is 3.50. The molecule has 0 N–H and O–H groups in total. The van der Waals surface area contributed by atoms with Crippen LogP contribution < -0.4 is 0 Å². The molecule has 2 unspecified atom stereocenters. The molecule has 1 amide bonds. The highest BCUT2D eigenvalue weighted by Gasteiger charge is 2.42. The lowest BCUT2D eigenvalue weighted by Gasteiger charge is -2.51. The second-order valence-corrected chi connectivity index (χ2v) is 10.1. The van der Waals surface area contributed by atoms with E-state index in [1.54, 1.807) is 6.20 Å². The van der Waals surface area contributed by atoms with Gasteiger partial charge in [-0.1, -0.05) is 52.4 Å². The van der Waals surface area contributed by atoms with Crippen molar-refractivity contribution in [3.8, 4) is 11.3 Å². The van der Waals surface area contributed by atoms with Crippen LogP contribution in [0, 0.1) is 0 Å². The van der Waals surface area contributed by atoms with Gasteiger partial charge in [-0.3, -0.25) is 9.69 Å². The standard InChI is InChI=1S/C25H24ClIN6O/c26-18-6-4-17(5-7-18)23-21(32-11-2-1-3-22(32)29-23)15-31-13-20-9-8-19(31)14-33(20)25(34)24-28-10-12-30(24)16-27/h1-7,10-12,19-20H,8-9,13-16H2. The van der Waals surface area contributed by atoms with Gasteiger partial charge in [0.1, 0.15) is 5.65 Å². The third-order valence-corrected chi connectivity index (χ3v) is 8.03. The number of piperazine rings is 1. The molecule has 7 nitrogen and oxygen atoms in total. The maximum Gasteiger partial charge on any atom is 0.290 e. The number of aromatic nitrogens is 4. The Labute approximate surface area is 216 Å². The van der Waals surface area contributed by atoms with Crippen molar-refractivity contribution in [2.75, 3.05) is 13.1 Å². The van der Waals surface area contributed by atoms with E-state index in [9.17, 15) is 4.79 Å². The second kappa shape index (κ2) is 8.98. The molecule has 6 heterocycles. The number of nitrogens with zero attached hydrogens (tertiary/aromatic N) is 6. The van der Waals surface area contributed by atoms with E-state index >= 15 is 0 Å². The van der Waals surface area contributed by atoms with Crippen molar-refractivity contribution in [3.05, 3.63) is 77.6 Å². The molecule has 2 atom stereocenters. The number of carbonyl (C=O) groups is 1. The lowest BCUT2D eigenvalue weighted by molar-refractivity contribution is -0.0167. The molecule has 0 aliphatic carbocycles. The van der Waals surface area contributed by atoms with Crippen LogP contribution in [0.1, 0.15) is 29.2 Å². The molecule has 34 heavy (non-hydrogen) atoms. The predicted molar refractivity (Wildman–Crippen MR) is 140 cm³/mol. The first kappa shape index (κ1) is 22.1. The number of rotatable bonds is 5. The zero-order valence-corrected chi connectivity index (χ0v) is 21.4. The molecule has 0 spiro atoms. The van der Waals surface area contributed by atoms with Gasteiger partial charge >= 0.3 is 0 Å². The van der Waals surface area contributed by atoms with Crippen LogP contribution in [-0.2, 0) is 11.1 Å². The highest BCUT2D eigenvalue weighted by atomic mass is 127. The van der Waals surface area contributed by atoms with Crippen molar-refractivity contribution in [1.82, 2.24) is 28.7 Å². The Balaban J connectivity index is 1.29. The largest absolute Gasteiger partial charge is 0.330 e. The van der Waals surface area contributed by atoms with Crippen molar-refractivity contribution < 1.29 is 4.79 Å². The van der Waals surface area contributed by atoms with Gasteiger partial charge in [-0.05, 0) is 37.1 Å².